The van der Waals surface area contributed by atoms with Crippen molar-refractivity contribution < 1.29 is 14.1 Å². The van der Waals surface area contributed by atoms with Crippen LogP contribution in [0.1, 0.15) is 10.4 Å². The number of alkyl halides is 1. The fourth-order valence-electron chi connectivity index (χ4n) is 0.918. The van der Waals surface area contributed by atoms with Crippen LogP contribution in [0.25, 0.3) is 0 Å². The summed E-state index contributed by atoms with van der Waals surface area (Å²) in [6, 6.07) is 2.65. The van der Waals surface area contributed by atoms with Crippen molar-refractivity contribution >= 4 is 23.1 Å². The number of nitro benzene ring substituents is 1. The Bertz CT molecular complexity index is 394. The zero-order valence-electron chi connectivity index (χ0n) is 6.87. The Balaban J connectivity index is 3.20. The molecule has 74 valence electrons. The molecular weight excluding hydrogens is 213 g/mol. The van der Waals surface area contributed by atoms with E-state index in [0.717, 1.165) is 18.2 Å². The predicted octanol–water partition coefficient (Wildman–Crippen LogP) is 2.16. The van der Waals surface area contributed by atoms with Gasteiger partial charge in [0.15, 0.2) is 5.78 Å². The second-order valence-electron chi connectivity index (χ2n) is 2.51. The van der Waals surface area contributed by atoms with Crippen LogP contribution in [0.3, 0.4) is 0 Å². The molecule has 1 aromatic carbocycles. The highest BCUT2D eigenvalue weighted by atomic mass is 35.5. The van der Waals surface area contributed by atoms with Gasteiger partial charge in [-0.2, -0.15) is 0 Å². The zero-order chi connectivity index (χ0) is 10.7. The third-order valence-corrected chi connectivity index (χ3v) is 1.78. The maximum Gasteiger partial charge on any atom is 0.273 e. The first-order valence-electron chi connectivity index (χ1n) is 3.58. The summed E-state index contributed by atoms with van der Waals surface area (Å²) >= 11 is 5.23. The minimum atomic E-state index is -0.826. The minimum Gasteiger partial charge on any atom is -0.293 e. The average Bonchev–Trinajstić information content (AvgIpc) is 2.15. The standard InChI is InChI=1S/C8H5ClFNO3/c9-4-8(12)5-1-6(10)3-7(2-5)11(13)14/h1-3H,4H2. The van der Waals surface area contributed by atoms with Crippen LogP contribution in [-0.4, -0.2) is 16.6 Å². The number of nitro groups is 1. The summed E-state index contributed by atoms with van der Waals surface area (Å²) in [5.41, 5.74) is -0.551. The van der Waals surface area contributed by atoms with E-state index < -0.39 is 22.2 Å². The predicted molar refractivity (Wildman–Crippen MR) is 48.1 cm³/mol. The molecule has 0 amide bonds. The van der Waals surface area contributed by atoms with Crippen LogP contribution in [0.5, 0.6) is 0 Å². The zero-order valence-corrected chi connectivity index (χ0v) is 7.62. The number of benzene rings is 1. The van der Waals surface area contributed by atoms with Gasteiger partial charge in [-0.15, -0.1) is 11.6 Å². The van der Waals surface area contributed by atoms with Crippen LogP contribution in [0.15, 0.2) is 18.2 Å². The molecule has 1 rings (SSSR count). The number of hydrogen-bond acceptors (Lipinski definition) is 3. The molecule has 0 bridgehead atoms. The highest BCUT2D eigenvalue weighted by molar-refractivity contribution is 6.30. The quantitative estimate of drug-likeness (QED) is 0.337. The van der Waals surface area contributed by atoms with Gasteiger partial charge in [0.25, 0.3) is 5.69 Å². The summed E-state index contributed by atoms with van der Waals surface area (Å²) in [5, 5.41) is 10.3. The Labute approximate surface area is 83.4 Å². The Hall–Kier alpha value is -1.49. The fourth-order valence-corrected chi connectivity index (χ4v) is 1.07. The summed E-state index contributed by atoms with van der Waals surface area (Å²) < 4.78 is 12.8. The molecule has 0 unspecified atom stereocenters. The van der Waals surface area contributed by atoms with E-state index in [1.54, 1.807) is 0 Å². The van der Waals surface area contributed by atoms with Gasteiger partial charge in [0.1, 0.15) is 5.82 Å². The topological polar surface area (TPSA) is 60.2 Å². The number of ketones is 1. The van der Waals surface area contributed by atoms with Gasteiger partial charge in [0.2, 0.25) is 0 Å². The van der Waals surface area contributed by atoms with E-state index in [9.17, 15) is 19.3 Å². The van der Waals surface area contributed by atoms with Gasteiger partial charge in [0, 0.05) is 11.6 Å². The van der Waals surface area contributed by atoms with E-state index in [0.29, 0.717) is 0 Å². The maximum atomic E-state index is 12.8. The molecule has 0 fully saturated rings. The molecule has 4 nitrogen and oxygen atoms in total. The maximum absolute atomic E-state index is 12.8. The van der Waals surface area contributed by atoms with Crippen molar-refractivity contribution in [3.8, 4) is 0 Å². The number of nitrogens with zero attached hydrogens (tertiary/aromatic N) is 1. The van der Waals surface area contributed by atoms with Crippen molar-refractivity contribution in [2.75, 3.05) is 5.88 Å². The number of carbonyl (C=O) groups is 1. The van der Waals surface area contributed by atoms with Crippen molar-refractivity contribution in [1.29, 1.82) is 0 Å². The van der Waals surface area contributed by atoms with Crippen molar-refractivity contribution in [3.05, 3.63) is 39.7 Å². The molecule has 1 aromatic rings. The van der Waals surface area contributed by atoms with Crippen molar-refractivity contribution in [1.82, 2.24) is 0 Å². The third kappa shape index (κ3) is 2.26. The Kier molecular flexibility index (Phi) is 3.14. The molecule has 0 aromatic heterocycles. The van der Waals surface area contributed by atoms with Gasteiger partial charge in [-0.3, -0.25) is 14.9 Å². The van der Waals surface area contributed by atoms with Crippen molar-refractivity contribution in [3.63, 3.8) is 0 Å². The van der Waals surface area contributed by atoms with Crippen LogP contribution < -0.4 is 0 Å². The second-order valence-corrected chi connectivity index (χ2v) is 2.78. The molecule has 0 atom stereocenters. The van der Waals surface area contributed by atoms with Crippen LogP contribution >= 0.6 is 11.6 Å². The van der Waals surface area contributed by atoms with E-state index in [-0.39, 0.29) is 11.4 Å². The SMILES string of the molecule is O=C(CCl)c1cc(F)cc([N+](=O)[O-])c1. The molecule has 0 aliphatic heterocycles. The van der Waals surface area contributed by atoms with E-state index in [4.69, 9.17) is 11.6 Å². The van der Waals surface area contributed by atoms with Crippen LogP contribution in [0.4, 0.5) is 10.1 Å². The summed E-state index contributed by atoms with van der Waals surface area (Å²) in [6.45, 7) is 0. The first kappa shape index (κ1) is 10.6. The summed E-state index contributed by atoms with van der Waals surface area (Å²) in [5.74, 6) is -1.71. The van der Waals surface area contributed by atoms with Crippen molar-refractivity contribution in [2.45, 2.75) is 0 Å². The van der Waals surface area contributed by atoms with Crippen LogP contribution in [0, 0.1) is 15.9 Å². The number of rotatable bonds is 3. The van der Waals surface area contributed by atoms with Gasteiger partial charge >= 0.3 is 0 Å². The van der Waals surface area contributed by atoms with Gasteiger partial charge in [0.05, 0.1) is 16.9 Å². The highest BCUT2D eigenvalue weighted by Crippen LogP contribution is 2.16. The van der Waals surface area contributed by atoms with E-state index in [2.05, 4.69) is 0 Å². The normalized spacial score (nSPS) is 9.86. The third-order valence-electron chi connectivity index (χ3n) is 1.54. The summed E-state index contributed by atoms with van der Waals surface area (Å²) in [4.78, 5) is 20.6. The van der Waals surface area contributed by atoms with Crippen molar-refractivity contribution in [2.24, 2.45) is 0 Å². The Morgan fingerprint density at radius 2 is 2.14 bits per heavy atom. The molecule has 0 N–H and O–H groups in total. The summed E-state index contributed by atoms with van der Waals surface area (Å²) in [6.07, 6.45) is 0. The molecular formula is C8H5ClFNO3. The number of non-ortho nitro benzene ring substituents is 1. The molecule has 0 aliphatic rings. The first-order chi connectivity index (χ1) is 6.54. The largest absolute Gasteiger partial charge is 0.293 e. The number of hydrogen-bond donors (Lipinski definition) is 0. The number of carbonyl (C=O) groups excluding carboxylic acids is 1. The number of halogens is 2. The lowest BCUT2D eigenvalue weighted by Gasteiger charge is -1.97. The lowest BCUT2D eigenvalue weighted by molar-refractivity contribution is -0.385. The van der Waals surface area contributed by atoms with E-state index in [1.807, 2.05) is 0 Å². The molecule has 14 heavy (non-hydrogen) atoms. The van der Waals surface area contributed by atoms with Crippen LogP contribution in [-0.2, 0) is 0 Å². The van der Waals surface area contributed by atoms with E-state index in [1.165, 1.54) is 0 Å². The molecule has 0 saturated carbocycles. The van der Waals surface area contributed by atoms with Gasteiger partial charge in [-0.25, -0.2) is 4.39 Å². The smallest absolute Gasteiger partial charge is 0.273 e. The van der Waals surface area contributed by atoms with Gasteiger partial charge < -0.3 is 0 Å². The minimum absolute atomic E-state index is 0.0910. The second kappa shape index (κ2) is 4.15. The fraction of sp³-hybridized carbons (Fsp3) is 0.125. The lowest BCUT2D eigenvalue weighted by atomic mass is 10.1. The lowest BCUT2D eigenvalue weighted by Crippen LogP contribution is -2.02. The highest BCUT2D eigenvalue weighted by Gasteiger charge is 2.13. The van der Waals surface area contributed by atoms with Crippen LogP contribution in [0.2, 0.25) is 0 Å². The monoisotopic (exact) mass is 217 g/mol. The number of Topliss-reactive ketones (excluding diaryl/α,β-unsaturated/α-hetero) is 1. The molecule has 6 heteroatoms. The Morgan fingerprint density at radius 1 is 1.50 bits per heavy atom. The molecule has 0 heterocycles. The molecule has 0 aliphatic carbocycles. The average molecular weight is 218 g/mol. The Morgan fingerprint density at radius 3 is 2.64 bits per heavy atom. The molecule has 0 spiro atoms. The van der Waals surface area contributed by atoms with E-state index >= 15 is 0 Å². The molecule has 0 radical (unpaired) electrons. The van der Waals surface area contributed by atoms with Gasteiger partial charge in [-0.05, 0) is 6.07 Å². The first-order valence-corrected chi connectivity index (χ1v) is 4.12. The summed E-state index contributed by atoms with van der Waals surface area (Å²) in [7, 11) is 0. The molecule has 0 saturated heterocycles. The van der Waals surface area contributed by atoms with Gasteiger partial charge in [-0.1, -0.05) is 0 Å².